The quantitative estimate of drug-likeness (QED) is 0.323. The number of carboxylic acid groups (broad SMARTS) is 1. The van der Waals surface area contributed by atoms with Crippen molar-refractivity contribution in [2.24, 2.45) is 0 Å². The standard InChI is InChI=1S/C33H38N4O5/c1-36(19-23-9-3-2-4-10-23)20-30(32(39)40)35-31(38)21-37-17-15-24(16-18-37)34-33(41)42-22-29-27-13-7-5-11-25(27)26-12-6-8-14-28(26)29/h2-14,24,29-30H,15-22H2,1H3,(H,34,41)(H,35,38)(H,39,40). The summed E-state index contributed by atoms with van der Waals surface area (Å²) in [4.78, 5) is 41.0. The van der Waals surface area contributed by atoms with Gasteiger partial charge in [0.2, 0.25) is 5.91 Å². The van der Waals surface area contributed by atoms with E-state index in [0.29, 0.717) is 32.5 Å². The average molecular weight is 571 g/mol. The summed E-state index contributed by atoms with van der Waals surface area (Å²) >= 11 is 0. The first kappa shape index (κ1) is 29.3. The molecule has 0 spiro atoms. The Labute approximate surface area is 246 Å². The van der Waals surface area contributed by atoms with Gasteiger partial charge >= 0.3 is 12.1 Å². The molecule has 42 heavy (non-hydrogen) atoms. The molecule has 2 amide bonds. The Balaban J connectivity index is 1.03. The highest BCUT2D eigenvalue weighted by molar-refractivity contribution is 5.85. The summed E-state index contributed by atoms with van der Waals surface area (Å²) in [7, 11) is 1.84. The Morgan fingerprint density at radius 2 is 1.52 bits per heavy atom. The zero-order chi connectivity index (χ0) is 29.5. The first-order chi connectivity index (χ1) is 20.4. The number of likely N-dealkylation sites (N-methyl/N-ethyl adjacent to an activating group) is 1. The molecular weight excluding hydrogens is 532 g/mol. The summed E-state index contributed by atoms with van der Waals surface area (Å²) in [5.74, 6) is -1.37. The number of carboxylic acids is 1. The highest BCUT2D eigenvalue weighted by Gasteiger charge is 2.30. The minimum Gasteiger partial charge on any atom is -0.480 e. The van der Waals surface area contributed by atoms with Gasteiger partial charge in [-0.2, -0.15) is 0 Å². The van der Waals surface area contributed by atoms with Gasteiger partial charge in [0.25, 0.3) is 0 Å². The van der Waals surface area contributed by atoms with Crippen molar-refractivity contribution >= 4 is 18.0 Å². The fraction of sp³-hybridized carbons (Fsp3) is 0.364. The Hall–Kier alpha value is -4.21. The third kappa shape index (κ3) is 7.35. The molecule has 9 nitrogen and oxygen atoms in total. The Morgan fingerprint density at radius 3 is 2.14 bits per heavy atom. The highest BCUT2D eigenvalue weighted by atomic mass is 16.5. The van der Waals surface area contributed by atoms with Crippen LogP contribution in [-0.2, 0) is 20.9 Å². The molecule has 9 heteroatoms. The van der Waals surface area contributed by atoms with E-state index in [2.05, 4.69) is 34.9 Å². The predicted molar refractivity (Wildman–Crippen MR) is 160 cm³/mol. The molecule has 1 aliphatic heterocycles. The molecule has 0 saturated carbocycles. The van der Waals surface area contributed by atoms with E-state index in [1.807, 2.05) is 71.4 Å². The van der Waals surface area contributed by atoms with Gasteiger partial charge in [-0.15, -0.1) is 0 Å². The lowest BCUT2D eigenvalue weighted by Crippen LogP contribution is -2.52. The molecule has 1 saturated heterocycles. The minimum atomic E-state index is -1.06. The molecule has 1 unspecified atom stereocenters. The summed E-state index contributed by atoms with van der Waals surface area (Å²) in [6.45, 7) is 2.40. The molecule has 5 rings (SSSR count). The second kappa shape index (κ2) is 13.6. The van der Waals surface area contributed by atoms with E-state index in [1.54, 1.807) is 0 Å². The van der Waals surface area contributed by atoms with Crippen molar-refractivity contribution < 1.29 is 24.2 Å². The molecule has 1 atom stereocenters. The summed E-state index contributed by atoms with van der Waals surface area (Å²) in [5.41, 5.74) is 5.79. The minimum absolute atomic E-state index is 0.0104. The molecule has 1 aliphatic carbocycles. The lowest BCUT2D eigenvalue weighted by molar-refractivity contribution is -0.142. The fourth-order valence-electron chi connectivity index (χ4n) is 5.94. The van der Waals surface area contributed by atoms with Crippen molar-refractivity contribution in [3.8, 4) is 11.1 Å². The number of nitrogens with one attached hydrogen (secondary N) is 2. The van der Waals surface area contributed by atoms with Crippen molar-refractivity contribution in [3.63, 3.8) is 0 Å². The van der Waals surface area contributed by atoms with Crippen LogP contribution in [0.3, 0.4) is 0 Å². The highest BCUT2D eigenvalue weighted by Crippen LogP contribution is 2.44. The van der Waals surface area contributed by atoms with Crippen molar-refractivity contribution in [1.82, 2.24) is 20.4 Å². The van der Waals surface area contributed by atoms with Crippen LogP contribution >= 0.6 is 0 Å². The first-order valence-corrected chi connectivity index (χ1v) is 14.5. The molecule has 3 N–H and O–H groups in total. The Kier molecular flexibility index (Phi) is 9.51. The molecular formula is C33H38N4O5. The van der Waals surface area contributed by atoms with E-state index in [-0.39, 0.29) is 37.6 Å². The van der Waals surface area contributed by atoms with E-state index in [1.165, 1.54) is 22.3 Å². The lowest BCUT2D eigenvalue weighted by atomic mass is 9.98. The molecule has 220 valence electrons. The maximum absolute atomic E-state index is 12.7. The van der Waals surface area contributed by atoms with Crippen LogP contribution in [0.5, 0.6) is 0 Å². The summed E-state index contributed by atoms with van der Waals surface area (Å²) in [6.07, 6.45) is 0.927. The number of piperidine rings is 1. The van der Waals surface area contributed by atoms with E-state index in [0.717, 1.165) is 5.56 Å². The summed E-state index contributed by atoms with van der Waals surface area (Å²) in [6, 6.07) is 25.2. The zero-order valence-corrected chi connectivity index (χ0v) is 23.9. The second-order valence-corrected chi connectivity index (χ2v) is 11.2. The van der Waals surface area contributed by atoms with Crippen molar-refractivity contribution in [3.05, 3.63) is 95.6 Å². The number of carbonyl (C=O) groups excluding carboxylic acids is 2. The third-order valence-electron chi connectivity index (χ3n) is 8.04. The number of aliphatic carboxylic acids is 1. The monoisotopic (exact) mass is 570 g/mol. The van der Waals surface area contributed by atoms with Crippen molar-refractivity contribution in [2.45, 2.75) is 37.4 Å². The number of carbonyl (C=O) groups is 3. The van der Waals surface area contributed by atoms with Crippen LogP contribution in [0.1, 0.15) is 35.4 Å². The molecule has 3 aromatic carbocycles. The molecule has 1 fully saturated rings. The van der Waals surface area contributed by atoms with Gasteiger partial charge in [-0.3, -0.25) is 14.6 Å². The van der Waals surface area contributed by atoms with Crippen LogP contribution in [0, 0.1) is 0 Å². The molecule has 0 radical (unpaired) electrons. The Bertz CT molecular complexity index is 1340. The fourth-order valence-corrected chi connectivity index (χ4v) is 5.94. The number of ether oxygens (including phenoxy) is 1. The van der Waals surface area contributed by atoms with E-state index >= 15 is 0 Å². The SMILES string of the molecule is CN(Cc1ccccc1)CC(NC(=O)CN1CCC(NC(=O)OCC2c3ccccc3-c3ccccc32)CC1)C(=O)O. The van der Waals surface area contributed by atoms with Crippen LogP contribution in [0.2, 0.25) is 0 Å². The lowest BCUT2D eigenvalue weighted by Gasteiger charge is -2.32. The molecule has 0 bridgehead atoms. The van der Waals surface area contributed by atoms with Crippen LogP contribution < -0.4 is 10.6 Å². The number of likely N-dealkylation sites (tertiary alicyclic amines) is 1. The molecule has 2 aliphatic rings. The van der Waals surface area contributed by atoms with Crippen LogP contribution in [-0.4, -0.2) is 84.8 Å². The van der Waals surface area contributed by atoms with Gasteiger partial charge in [0, 0.05) is 38.1 Å². The van der Waals surface area contributed by atoms with Crippen molar-refractivity contribution in [2.75, 3.05) is 39.8 Å². The predicted octanol–water partition coefficient (Wildman–Crippen LogP) is 3.69. The molecule has 1 heterocycles. The van der Waals surface area contributed by atoms with E-state index in [9.17, 15) is 19.5 Å². The van der Waals surface area contributed by atoms with Crippen LogP contribution in [0.25, 0.3) is 11.1 Å². The van der Waals surface area contributed by atoms with Gasteiger partial charge in [0.05, 0.1) is 6.54 Å². The maximum atomic E-state index is 12.7. The van der Waals surface area contributed by atoms with Crippen LogP contribution in [0.15, 0.2) is 78.9 Å². The number of fused-ring (bicyclic) bond motifs is 3. The van der Waals surface area contributed by atoms with Gasteiger partial charge in [0.15, 0.2) is 0 Å². The summed E-state index contributed by atoms with van der Waals surface area (Å²) < 4.78 is 5.68. The van der Waals surface area contributed by atoms with Gasteiger partial charge in [-0.25, -0.2) is 9.59 Å². The van der Waals surface area contributed by atoms with Gasteiger partial charge in [-0.05, 0) is 47.7 Å². The van der Waals surface area contributed by atoms with Gasteiger partial charge in [-0.1, -0.05) is 78.9 Å². The van der Waals surface area contributed by atoms with Crippen LogP contribution in [0.4, 0.5) is 4.79 Å². The Morgan fingerprint density at radius 1 is 0.929 bits per heavy atom. The topological polar surface area (TPSA) is 111 Å². The smallest absolute Gasteiger partial charge is 0.407 e. The van der Waals surface area contributed by atoms with Gasteiger partial charge in [0.1, 0.15) is 12.6 Å². The normalized spacial score (nSPS) is 16.0. The number of rotatable bonds is 11. The summed E-state index contributed by atoms with van der Waals surface area (Å²) in [5, 5.41) is 15.3. The maximum Gasteiger partial charge on any atom is 0.407 e. The first-order valence-electron chi connectivity index (χ1n) is 14.5. The molecule has 0 aromatic heterocycles. The number of alkyl carbamates (subject to hydrolysis) is 1. The third-order valence-corrected chi connectivity index (χ3v) is 8.04. The van der Waals surface area contributed by atoms with E-state index in [4.69, 9.17) is 4.74 Å². The van der Waals surface area contributed by atoms with Gasteiger partial charge < -0.3 is 20.5 Å². The zero-order valence-electron chi connectivity index (χ0n) is 23.9. The number of hydrogen-bond acceptors (Lipinski definition) is 6. The average Bonchev–Trinajstić information content (AvgIpc) is 3.31. The number of amides is 2. The van der Waals surface area contributed by atoms with E-state index < -0.39 is 18.1 Å². The second-order valence-electron chi connectivity index (χ2n) is 11.2. The molecule has 3 aromatic rings. The van der Waals surface area contributed by atoms with Crippen molar-refractivity contribution in [1.29, 1.82) is 0 Å². The number of hydrogen-bond donors (Lipinski definition) is 3. The number of nitrogens with zero attached hydrogens (tertiary/aromatic N) is 2. The number of benzene rings is 3. The largest absolute Gasteiger partial charge is 0.480 e.